The number of para-hydroxylation sites is 2. The maximum Gasteiger partial charge on any atom is 0.136 e. The number of ketones is 1. The van der Waals surface area contributed by atoms with E-state index in [4.69, 9.17) is 0 Å². The number of carbonyl (C=O) groups is 1. The van der Waals surface area contributed by atoms with E-state index in [1.807, 2.05) is 24.3 Å². The van der Waals surface area contributed by atoms with Crippen molar-refractivity contribution in [1.29, 1.82) is 0 Å². The summed E-state index contributed by atoms with van der Waals surface area (Å²) in [6, 6.07) is 18.5. The van der Waals surface area contributed by atoms with E-state index in [0.717, 1.165) is 37.1 Å². The number of anilines is 2. The van der Waals surface area contributed by atoms with E-state index < -0.39 is 0 Å². The van der Waals surface area contributed by atoms with Gasteiger partial charge in [-0.3, -0.25) is 4.79 Å². The van der Waals surface area contributed by atoms with Gasteiger partial charge in [0, 0.05) is 23.7 Å². The lowest BCUT2D eigenvalue weighted by Gasteiger charge is -2.22. The first-order chi connectivity index (χ1) is 10.3. The van der Waals surface area contributed by atoms with Crippen molar-refractivity contribution < 1.29 is 4.79 Å². The Kier molecular flexibility index (Phi) is 4.34. The molecule has 3 rings (SSSR count). The summed E-state index contributed by atoms with van der Waals surface area (Å²) in [7, 11) is 0. The fraction of sp³-hybridized carbons (Fsp3) is 0.316. The highest BCUT2D eigenvalue weighted by Gasteiger charge is 2.23. The van der Waals surface area contributed by atoms with Gasteiger partial charge in [0.15, 0.2) is 0 Å². The van der Waals surface area contributed by atoms with Crippen molar-refractivity contribution in [1.82, 2.24) is 0 Å². The molecule has 2 aromatic rings. The van der Waals surface area contributed by atoms with E-state index in [0.29, 0.717) is 5.78 Å². The third kappa shape index (κ3) is 3.52. The monoisotopic (exact) mass is 279 g/mol. The topological polar surface area (TPSA) is 29.1 Å². The molecule has 1 unspecified atom stereocenters. The number of rotatable bonds is 4. The molecule has 1 saturated carbocycles. The summed E-state index contributed by atoms with van der Waals surface area (Å²) in [5.41, 5.74) is 3.43. The molecule has 0 saturated heterocycles. The number of Topliss-reactive ketones (excluding diaryl/α,β-unsaturated/α-hetero) is 1. The largest absolute Gasteiger partial charge is 0.355 e. The number of hydrogen-bond acceptors (Lipinski definition) is 2. The van der Waals surface area contributed by atoms with Gasteiger partial charge in [0.2, 0.25) is 0 Å². The summed E-state index contributed by atoms with van der Waals surface area (Å²) >= 11 is 0. The number of carbonyl (C=O) groups excluding carboxylic acids is 1. The first-order valence-corrected chi connectivity index (χ1v) is 7.75. The molecule has 108 valence electrons. The van der Waals surface area contributed by atoms with Crippen LogP contribution in [-0.4, -0.2) is 5.78 Å². The van der Waals surface area contributed by atoms with Gasteiger partial charge in [-0.25, -0.2) is 0 Å². The quantitative estimate of drug-likeness (QED) is 0.876. The minimum absolute atomic E-state index is 0.206. The van der Waals surface area contributed by atoms with Crippen LogP contribution in [0.15, 0.2) is 54.6 Å². The van der Waals surface area contributed by atoms with Crippen LogP contribution in [0, 0.1) is 5.92 Å². The summed E-state index contributed by atoms with van der Waals surface area (Å²) in [4.78, 5) is 12.0. The number of nitrogens with one attached hydrogen (secondary N) is 1. The van der Waals surface area contributed by atoms with E-state index in [9.17, 15) is 4.79 Å². The van der Waals surface area contributed by atoms with Crippen LogP contribution < -0.4 is 5.32 Å². The molecule has 0 aromatic heterocycles. The van der Waals surface area contributed by atoms with Crippen LogP contribution in [0.3, 0.4) is 0 Å². The highest BCUT2D eigenvalue weighted by molar-refractivity contribution is 5.82. The third-order valence-electron chi connectivity index (χ3n) is 4.22. The molecular weight excluding hydrogens is 258 g/mol. The molecule has 1 N–H and O–H groups in total. The van der Waals surface area contributed by atoms with Crippen LogP contribution in [0.2, 0.25) is 0 Å². The molecule has 1 fully saturated rings. The average Bonchev–Trinajstić information content (AvgIpc) is 2.52. The van der Waals surface area contributed by atoms with Crippen LogP contribution >= 0.6 is 0 Å². The Morgan fingerprint density at radius 2 is 1.71 bits per heavy atom. The molecule has 2 aromatic carbocycles. The van der Waals surface area contributed by atoms with Gasteiger partial charge in [0.05, 0.1) is 0 Å². The zero-order valence-corrected chi connectivity index (χ0v) is 12.2. The van der Waals surface area contributed by atoms with Gasteiger partial charge in [-0.05, 0) is 43.0 Å². The number of benzene rings is 2. The Labute approximate surface area is 126 Å². The molecule has 2 heteroatoms. The van der Waals surface area contributed by atoms with Gasteiger partial charge in [-0.1, -0.05) is 42.8 Å². The van der Waals surface area contributed by atoms with Gasteiger partial charge in [0.25, 0.3) is 0 Å². The molecule has 0 bridgehead atoms. The van der Waals surface area contributed by atoms with E-state index in [1.165, 1.54) is 12.0 Å². The second-order valence-corrected chi connectivity index (χ2v) is 5.76. The molecule has 21 heavy (non-hydrogen) atoms. The molecule has 0 amide bonds. The Bertz CT molecular complexity index is 606. The van der Waals surface area contributed by atoms with Crippen LogP contribution in [-0.2, 0) is 11.2 Å². The van der Waals surface area contributed by atoms with Crippen molar-refractivity contribution in [2.75, 3.05) is 5.32 Å². The summed E-state index contributed by atoms with van der Waals surface area (Å²) in [6.45, 7) is 0. The molecule has 0 heterocycles. The van der Waals surface area contributed by atoms with Gasteiger partial charge >= 0.3 is 0 Å². The summed E-state index contributed by atoms with van der Waals surface area (Å²) < 4.78 is 0. The molecular formula is C19H21NO. The lowest BCUT2D eigenvalue weighted by Crippen LogP contribution is -2.21. The highest BCUT2D eigenvalue weighted by Crippen LogP contribution is 2.28. The van der Waals surface area contributed by atoms with Gasteiger partial charge in [0.1, 0.15) is 5.78 Å². The van der Waals surface area contributed by atoms with Crippen molar-refractivity contribution in [3.8, 4) is 0 Å². The van der Waals surface area contributed by atoms with Crippen LogP contribution in [0.1, 0.15) is 31.2 Å². The summed E-state index contributed by atoms with van der Waals surface area (Å²) in [6.07, 6.45) is 4.91. The molecule has 0 spiro atoms. The maximum absolute atomic E-state index is 12.0. The SMILES string of the molecule is O=C1CCCCC1Cc1ccccc1Nc1ccccc1. The second kappa shape index (κ2) is 6.57. The van der Waals surface area contributed by atoms with Crippen LogP contribution in [0.4, 0.5) is 11.4 Å². The van der Waals surface area contributed by atoms with Gasteiger partial charge in [-0.15, -0.1) is 0 Å². The smallest absolute Gasteiger partial charge is 0.136 e. The van der Waals surface area contributed by atoms with E-state index in [2.05, 4.69) is 35.6 Å². The predicted molar refractivity (Wildman–Crippen MR) is 86.8 cm³/mol. The molecule has 1 aliphatic rings. The predicted octanol–water partition coefficient (Wildman–Crippen LogP) is 4.73. The van der Waals surface area contributed by atoms with Crippen LogP contribution in [0.25, 0.3) is 0 Å². The van der Waals surface area contributed by atoms with Crippen molar-refractivity contribution in [2.24, 2.45) is 5.92 Å². The molecule has 1 atom stereocenters. The fourth-order valence-electron chi connectivity index (χ4n) is 3.03. The van der Waals surface area contributed by atoms with E-state index in [-0.39, 0.29) is 5.92 Å². The standard InChI is InChI=1S/C19H21NO/c21-19-13-7-5-9-16(19)14-15-8-4-6-12-18(15)20-17-10-2-1-3-11-17/h1-4,6,8,10-12,16,20H,5,7,9,13-14H2. The van der Waals surface area contributed by atoms with Crippen molar-refractivity contribution in [2.45, 2.75) is 32.1 Å². The Hall–Kier alpha value is -2.09. The fourth-order valence-corrected chi connectivity index (χ4v) is 3.03. The molecule has 0 aliphatic heterocycles. The Balaban J connectivity index is 1.77. The lowest BCUT2D eigenvalue weighted by atomic mass is 9.83. The molecule has 1 aliphatic carbocycles. The minimum Gasteiger partial charge on any atom is -0.355 e. The maximum atomic E-state index is 12.0. The minimum atomic E-state index is 0.206. The normalized spacial score (nSPS) is 18.5. The highest BCUT2D eigenvalue weighted by atomic mass is 16.1. The van der Waals surface area contributed by atoms with Gasteiger partial charge < -0.3 is 5.32 Å². The van der Waals surface area contributed by atoms with Crippen molar-refractivity contribution in [3.63, 3.8) is 0 Å². The van der Waals surface area contributed by atoms with E-state index in [1.54, 1.807) is 0 Å². The van der Waals surface area contributed by atoms with Crippen LogP contribution in [0.5, 0.6) is 0 Å². The van der Waals surface area contributed by atoms with Gasteiger partial charge in [-0.2, -0.15) is 0 Å². The molecule has 0 radical (unpaired) electrons. The van der Waals surface area contributed by atoms with Crippen molar-refractivity contribution in [3.05, 3.63) is 60.2 Å². The first-order valence-electron chi connectivity index (χ1n) is 7.75. The second-order valence-electron chi connectivity index (χ2n) is 5.76. The zero-order valence-electron chi connectivity index (χ0n) is 12.2. The Morgan fingerprint density at radius 1 is 0.952 bits per heavy atom. The summed E-state index contributed by atoms with van der Waals surface area (Å²) in [5.74, 6) is 0.647. The number of hydrogen-bond donors (Lipinski definition) is 1. The first kappa shape index (κ1) is 13.9. The zero-order chi connectivity index (χ0) is 14.5. The van der Waals surface area contributed by atoms with E-state index >= 15 is 0 Å². The third-order valence-corrected chi connectivity index (χ3v) is 4.22. The summed E-state index contributed by atoms with van der Waals surface area (Å²) in [5, 5.41) is 3.47. The molecule has 2 nitrogen and oxygen atoms in total. The van der Waals surface area contributed by atoms with Crippen molar-refractivity contribution >= 4 is 17.2 Å². The lowest BCUT2D eigenvalue weighted by molar-refractivity contribution is -0.124. The average molecular weight is 279 g/mol. The Morgan fingerprint density at radius 3 is 2.52 bits per heavy atom.